The van der Waals surface area contributed by atoms with Crippen molar-refractivity contribution in [2.24, 2.45) is 13.0 Å². The molecular weight excluding hydrogens is 138 g/mol. The van der Waals surface area contributed by atoms with Crippen molar-refractivity contribution in [1.82, 2.24) is 14.8 Å². The van der Waals surface area contributed by atoms with Gasteiger partial charge in [0, 0.05) is 13.0 Å². The van der Waals surface area contributed by atoms with Gasteiger partial charge in [0.1, 0.15) is 6.33 Å². The van der Waals surface area contributed by atoms with E-state index in [0.29, 0.717) is 5.92 Å². The fourth-order valence-corrected chi connectivity index (χ4v) is 0.618. The van der Waals surface area contributed by atoms with Crippen LogP contribution in [0, 0.1) is 17.8 Å². The van der Waals surface area contributed by atoms with Crippen LogP contribution in [0.1, 0.15) is 19.7 Å². The Labute approximate surface area is 66.4 Å². The van der Waals surface area contributed by atoms with Gasteiger partial charge in [-0.1, -0.05) is 19.8 Å². The number of nitrogens with zero attached hydrogens (tertiary/aromatic N) is 3. The van der Waals surface area contributed by atoms with Crippen molar-refractivity contribution in [3.8, 4) is 11.8 Å². The summed E-state index contributed by atoms with van der Waals surface area (Å²) >= 11 is 0. The van der Waals surface area contributed by atoms with E-state index in [2.05, 4.69) is 21.9 Å². The zero-order valence-electron chi connectivity index (χ0n) is 7.00. The Morgan fingerprint density at radius 2 is 2.27 bits per heavy atom. The summed E-state index contributed by atoms with van der Waals surface area (Å²) in [5, 5.41) is 3.90. The molecule has 0 amide bonds. The van der Waals surface area contributed by atoms with E-state index in [-0.39, 0.29) is 0 Å². The molecule has 1 aromatic heterocycles. The Hall–Kier alpha value is -1.30. The smallest absolute Gasteiger partial charge is 0.203 e. The van der Waals surface area contributed by atoms with Gasteiger partial charge in [-0.05, 0) is 5.92 Å². The molecule has 0 N–H and O–H groups in total. The summed E-state index contributed by atoms with van der Waals surface area (Å²) in [7, 11) is 1.83. The maximum Gasteiger partial charge on any atom is 0.203 e. The van der Waals surface area contributed by atoms with Crippen LogP contribution in [-0.2, 0) is 7.05 Å². The molecule has 1 heterocycles. The zero-order valence-corrected chi connectivity index (χ0v) is 7.00. The summed E-state index contributed by atoms with van der Waals surface area (Å²) in [4.78, 5) is 3.97. The maximum atomic E-state index is 3.97. The Balaban J connectivity index is 2.81. The largest absolute Gasteiger partial charge is 0.242 e. The fraction of sp³-hybridized carbons (Fsp3) is 0.500. The SMILES string of the molecule is CC(C)C#Cc1ncnn1C. The Bertz CT molecular complexity index is 288. The van der Waals surface area contributed by atoms with E-state index in [0.717, 1.165) is 5.82 Å². The first-order valence-electron chi connectivity index (χ1n) is 3.55. The third-order valence-electron chi connectivity index (χ3n) is 1.18. The quantitative estimate of drug-likeness (QED) is 0.511. The summed E-state index contributed by atoms with van der Waals surface area (Å²) in [6, 6.07) is 0. The third kappa shape index (κ3) is 2.08. The van der Waals surface area contributed by atoms with Gasteiger partial charge >= 0.3 is 0 Å². The van der Waals surface area contributed by atoms with E-state index < -0.39 is 0 Å². The van der Waals surface area contributed by atoms with E-state index >= 15 is 0 Å². The van der Waals surface area contributed by atoms with Gasteiger partial charge in [0.25, 0.3) is 0 Å². The molecule has 0 atom stereocenters. The molecule has 0 aromatic carbocycles. The molecule has 0 saturated carbocycles. The second-order valence-electron chi connectivity index (χ2n) is 2.63. The first kappa shape index (κ1) is 7.80. The van der Waals surface area contributed by atoms with Crippen molar-refractivity contribution < 1.29 is 0 Å². The Morgan fingerprint density at radius 1 is 1.55 bits per heavy atom. The van der Waals surface area contributed by atoms with Crippen LogP contribution < -0.4 is 0 Å². The second kappa shape index (κ2) is 3.20. The minimum Gasteiger partial charge on any atom is -0.242 e. The molecule has 0 saturated heterocycles. The summed E-state index contributed by atoms with van der Waals surface area (Å²) < 4.78 is 1.66. The predicted molar refractivity (Wildman–Crippen MR) is 42.7 cm³/mol. The van der Waals surface area contributed by atoms with E-state index in [1.807, 2.05) is 20.9 Å². The molecule has 11 heavy (non-hydrogen) atoms. The zero-order chi connectivity index (χ0) is 8.27. The highest BCUT2D eigenvalue weighted by Gasteiger charge is 1.92. The van der Waals surface area contributed by atoms with Gasteiger partial charge in [0.15, 0.2) is 0 Å². The van der Waals surface area contributed by atoms with Crippen molar-refractivity contribution >= 4 is 0 Å². The standard InChI is InChI=1S/C8H11N3/c1-7(2)4-5-8-9-6-10-11(8)3/h6-7H,1-3H3. The van der Waals surface area contributed by atoms with Gasteiger partial charge in [0.05, 0.1) is 0 Å². The molecule has 3 nitrogen and oxygen atoms in total. The Morgan fingerprint density at radius 3 is 2.73 bits per heavy atom. The summed E-state index contributed by atoms with van der Waals surface area (Å²) in [6.45, 7) is 4.09. The Kier molecular flexibility index (Phi) is 2.27. The van der Waals surface area contributed by atoms with Crippen molar-refractivity contribution in [1.29, 1.82) is 0 Å². The number of aromatic nitrogens is 3. The lowest BCUT2D eigenvalue weighted by Crippen LogP contribution is -1.94. The minimum atomic E-state index is 0.381. The molecule has 0 radical (unpaired) electrons. The first-order valence-corrected chi connectivity index (χ1v) is 3.55. The normalized spacial score (nSPS) is 9.45. The molecular formula is C8H11N3. The van der Waals surface area contributed by atoms with Crippen molar-refractivity contribution in [2.75, 3.05) is 0 Å². The van der Waals surface area contributed by atoms with Crippen LogP contribution in [0.4, 0.5) is 0 Å². The van der Waals surface area contributed by atoms with Crippen LogP contribution in [-0.4, -0.2) is 14.8 Å². The number of aryl methyl sites for hydroxylation is 1. The third-order valence-corrected chi connectivity index (χ3v) is 1.18. The summed E-state index contributed by atoms with van der Waals surface area (Å²) in [5.41, 5.74) is 0. The van der Waals surface area contributed by atoms with E-state index in [9.17, 15) is 0 Å². The van der Waals surface area contributed by atoms with Crippen LogP contribution in [0.2, 0.25) is 0 Å². The van der Waals surface area contributed by atoms with E-state index in [4.69, 9.17) is 0 Å². The molecule has 0 aliphatic carbocycles. The maximum absolute atomic E-state index is 3.97. The molecule has 0 spiro atoms. The number of hydrogen-bond acceptors (Lipinski definition) is 2. The van der Waals surface area contributed by atoms with Crippen LogP contribution in [0.25, 0.3) is 0 Å². The lowest BCUT2D eigenvalue weighted by molar-refractivity contribution is 0.753. The molecule has 3 heteroatoms. The summed E-state index contributed by atoms with van der Waals surface area (Å²) in [6.07, 6.45) is 1.50. The molecule has 0 fully saturated rings. The summed E-state index contributed by atoms with van der Waals surface area (Å²) in [5.74, 6) is 7.05. The predicted octanol–water partition coefficient (Wildman–Crippen LogP) is 0.823. The highest BCUT2D eigenvalue weighted by Crippen LogP contribution is 1.90. The van der Waals surface area contributed by atoms with Gasteiger partial charge in [-0.15, -0.1) is 0 Å². The fourth-order valence-electron chi connectivity index (χ4n) is 0.618. The monoisotopic (exact) mass is 149 g/mol. The molecule has 1 rings (SSSR count). The van der Waals surface area contributed by atoms with Crippen molar-refractivity contribution in [3.63, 3.8) is 0 Å². The lowest BCUT2D eigenvalue weighted by Gasteiger charge is -1.89. The van der Waals surface area contributed by atoms with E-state index in [1.54, 1.807) is 4.68 Å². The molecule has 0 unspecified atom stereocenters. The number of rotatable bonds is 0. The van der Waals surface area contributed by atoms with Gasteiger partial charge in [-0.25, -0.2) is 9.67 Å². The molecule has 0 bridgehead atoms. The van der Waals surface area contributed by atoms with Crippen LogP contribution in [0.5, 0.6) is 0 Å². The van der Waals surface area contributed by atoms with Gasteiger partial charge in [0.2, 0.25) is 5.82 Å². The molecule has 0 aliphatic rings. The van der Waals surface area contributed by atoms with Crippen LogP contribution >= 0.6 is 0 Å². The van der Waals surface area contributed by atoms with Gasteiger partial charge in [-0.3, -0.25) is 0 Å². The highest BCUT2D eigenvalue weighted by molar-refractivity contribution is 5.20. The van der Waals surface area contributed by atoms with Gasteiger partial charge < -0.3 is 0 Å². The average Bonchev–Trinajstić information content (AvgIpc) is 2.31. The lowest BCUT2D eigenvalue weighted by atomic mass is 10.2. The van der Waals surface area contributed by atoms with Gasteiger partial charge in [-0.2, -0.15) is 5.10 Å². The van der Waals surface area contributed by atoms with Crippen molar-refractivity contribution in [2.45, 2.75) is 13.8 Å². The molecule has 1 aromatic rings. The first-order chi connectivity index (χ1) is 5.20. The topological polar surface area (TPSA) is 30.7 Å². The van der Waals surface area contributed by atoms with Crippen LogP contribution in [0.15, 0.2) is 6.33 Å². The van der Waals surface area contributed by atoms with E-state index in [1.165, 1.54) is 6.33 Å². The van der Waals surface area contributed by atoms with Crippen LogP contribution in [0.3, 0.4) is 0 Å². The van der Waals surface area contributed by atoms with Crippen molar-refractivity contribution in [3.05, 3.63) is 12.2 Å². The molecule has 58 valence electrons. The highest BCUT2D eigenvalue weighted by atomic mass is 15.3. The second-order valence-corrected chi connectivity index (χ2v) is 2.63. The average molecular weight is 149 g/mol. The minimum absolute atomic E-state index is 0.381. The molecule has 0 aliphatic heterocycles. The number of hydrogen-bond donors (Lipinski definition) is 0.